The maximum Gasteiger partial charge on any atom is 0.325 e. The van der Waals surface area contributed by atoms with E-state index in [2.05, 4.69) is 5.32 Å². The number of carbonyl (C=O) groups is 3. The zero-order valence-corrected chi connectivity index (χ0v) is 19.9. The molecule has 2 amide bonds. The number of hydrogen-bond donors (Lipinski definition) is 2. The fourth-order valence-electron chi connectivity index (χ4n) is 5.77. The molecule has 2 heterocycles. The molecule has 3 aromatic rings. The van der Waals surface area contributed by atoms with E-state index < -0.39 is 41.2 Å². The fourth-order valence-corrected chi connectivity index (χ4v) is 5.77. The summed E-state index contributed by atoms with van der Waals surface area (Å²) in [4.78, 5) is 41.6. The molecule has 35 heavy (non-hydrogen) atoms. The number of carboxylic acid groups (broad SMARTS) is 1. The van der Waals surface area contributed by atoms with Crippen molar-refractivity contribution in [3.63, 3.8) is 0 Å². The van der Waals surface area contributed by atoms with E-state index in [9.17, 15) is 19.5 Å². The summed E-state index contributed by atoms with van der Waals surface area (Å²) in [5.41, 5.74) is 2.62. The Hall–Kier alpha value is -3.77. The van der Waals surface area contributed by atoms with Crippen LogP contribution in [0.15, 0.2) is 78.9 Å². The van der Waals surface area contributed by atoms with E-state index in [-0.39, 0.29) is 5.91 Å². The van der Waals surface area contributed by atoms with Crippen molar-refractivity contribution in [2.45, 2.75) is 32.4 Å². The molecule has 2 aliphatic heterocycles. The van der Waals surface area contributed by atoms with E-state index in [1.54, 1.807) is 26.0 Å². The normalized spacial score (nSPS) is 25.8. The molecule has 0 spiro atoms. The van der Waals surface area contributed by atoms with Crippen molar-refractivity contribution < 1.29 is 19.5 Å². The van der Waals surface area contributed by atoms with Crippen LogP contribution in [-0.4, -0.2) is 28.4 Å². The summed E-state index contributed by atoms with van der Waals surface area (Å²) in [5, 5.41) is 13.7. The second-order valence-corrected chi connectivity index (χ2v) is 9.74. The highest BCUT2D eigenvalue weighted by atomic mass is 16.4. The number of benzene rings is 3. The third-order valence-electron chi connectivity index (χ3n) is 7.59. The molecular weight excluding hydrogens is 440 g/mol. The van der Waals surface area contributed by atoms with Crippen molar-refractivity contribution >= 4 is 23.5 Å². The predicted molar refractivity (Wildman–Crippen MR) is 134 cm³/mol. The quantitative estimate of drug-likeness (QED) is 0.535. The highest BCUT2D eigenvalue weighted by Crippen LogP contribution is 2.52. The van der Waals surface area contributed by atoms with Crippen LogP contribution in [0.5, 0.6) is 0 Å². The molecule has 3 aromatic carbocycles. The summed E-state index contributed by atoms with van der Waals surface area (Å²) < 4.78 is 0. The lowest BCUT2D eigenvalue weighted by molar-refractivity contribution is -0.151. The molecule has 178 valence electrons. The molecule has 6 heteroatoms. The van der Waals surface area contributed by atoms with Crippen molar-refractivity contribution in [3.05, 3.63) is 90.0 Å². The van der Waals surface area contributed by atoms with Gasteiger partial charge in [0, 0.05) is 6.04 Å². The van der Waals surface area contributed by atoms with Crippen LogP contribution in [0.4, 0.5) is 5.69 Å². The van der Waals surface area contributed by atoms with E-state index >= 15 is 0 Å². The standard InChI is InChI=1S/C29H28N2O4/c1-17(2)29(28(34)35)24-23(26(32)31(27(24)33)22-12-8-7-9-18(22)3)25(30-29)21-15-13-20(14-16-21)19-10-5-4-6-11-19/h4-17,23-25,30H,1-3H3,(H,34,35). The molecule has 0 aromatic heterocycles. The second-order valence-electron chi connectivity index (χ2n) is 9.74. The molecule has 6 nitrogen and oxygen atoms in total. The van der Waals surface area contributed by atoms with Gasteiger partial charge in [0.25, 0.3) is 0 Å². The number of nitrogens with one attached hydrogen (secondary N) is 1. The minimum absolute atomic E-state index is 0.359. The zero-order valence-electron chi connectivity index (χ0n) is 19.9. The summed E-state index contributed by atoms with van der Waals surface area (Å²) in [7, 11) is 0. The minimum Gasteiger partial charge on any atom is -0.480 e. The summed E-state index contributed by atoms with van der Waals surface area (Å²) >= 11 is 0. The molecule has 4 atom stereocenters. The van der Waals surface area contributed by atoms with E-state index in [1.165, 1.54) is 4.90 Å². The van der Waals surface area contributed by atoms with Crippen molar-refractivity contribution in [2.75, 3.05) is 4.90 Å². The number of amides is 2. The van der Waals surface area contributed by atoms with Crippen LogP contribution < -0.4 is 10.2 Å². The number of aryl methyl sites for hydroxylation is 1. The van der Waals surface area contributed by atoms with E-state index in [1.807, 2.05) is 73.7 Å². The third kappa shape index (κ3) is 3.40. The van der Waals surface area contributed by atoms with Gasteiger partial charge in [0.2, 0.25) is 11.8 Å². The van der Waals surface area contributed by atoms with E-state index in [0.29, 0.717) is 5.69 Å². The second kappa shape index (κ2) is 8.47. The largest absolute Gasteiger partial charge is 0.480 e. The van der Waals surface area contributed by atoms with Gasteiger partial charge < -0.3 is 5.11 Å². The van der Waals surface area contributed by atoms with Crippen molar-refractivity contribution in [1.82, 2.24) is 5.32 Å². The van der Waals surface area contributed by atoms with Crippen LogP contribution in [0.25, 0.3) is 11.1 Å². The van der Waals surface area contributed by atoms with Crippen LogP contribution in [0.2, 0.25) is 0 Å². The minimum atomic E-state index is -1.56. The maximum atomic E-state index is 13.8. The molecule has 5 rings (SSSR count). The number of fused-ring (bicyclic) bond motifs is 1. The number of hydrogen-bond acceptors (Lipinski definition) is 4. The first-order valence-corrected chi connectivity index (χ1v) is 11.9. The van der Waals surface area contributed by atoms with Gasteiger partial charge in [-0.25, -0.2) is 4.90 Å². The van der Waals surface area contributed by atoms with Crippen LogP contribution in [0.1, 0.15) is 31.0 Å². The van der Waals surface area contributed by atoms with E-state index in [4.69, 9.17) is 0 Å². The van der Waals surface area contributed by atoms with Gasteiger partial charge in [-0.2, -0.15) is 0 Å². The van der Waals surface area contributed by atoms with Crippen LogP contribution in [0.3, 0.4) is 0 Å². The number of nitrogens with zero attached hydrogens (tertiary/aromatic N) is 1. The van der Waals surface area contributed by atoms with Crippen LogP contribution >= 0.6 is 0 Å². The Labute approximate surface area is 204 Å². The van der Waals surface area contributed by atoms with Gasteiger partial charge in [-0.1, -0.05) is 86.6 Å². The predicted octanol–water partition coefficient (Wildman–Crippen LogP) is 4.59. The van der Waals surface area contributed by atoms with Gasteiger partial charge in [-0.3, -0.25) is 19.7 Å². The lowest BCUT2D eigenvalue weighted by Crippen LogP contribution is -2.59. The lowest BCUT2D eigenvalue weighted by atomic mass is 9.73. The highest BCUT2D eigenvalue weighted by molar-refractivity contribution is 6.24. The highest BCUT2D eigenvalue weighted by Gasteiger charge is 2.69. The molecule has 0 radical (unpaired) electrons. The summed E-state index contributed by atoms with van der Waals surface area (Å²) in [6.07, 6.45) is 0. The summed E-state index contributed by atoms with van der Waals surface area (Å²) in [6.45, 7) is 5.41. The van der Waals surface area contributed by atoms with Crippen LogP contribution in [0, 0.1) is 24.7 Å². The smallest absolute Gasteiger partial charge is 0.325 e. The Kier molecular flexibility index (Phi) is 5.56. The fraction of sp³-hybridized carbons (Fsp3) is 0.276. The van der Waals surface area contributed by atoms with Crippen LogP contribution in [-0.2, 0) is 14.4 Å². The van der Waals surface area contributed by atoms with Gasteiger partial charge in [0.05, 0.1) is 17.5 Å². The van der Waals surface area contributed by atoms with Gasteiger partial charge in [0.15, 0.2) is 0 Å². The lowest BCUT2D eigenvalue weighted by Gasteiger charge is -2.34. The monoisotopic (exact) mass is 468 g/mol. The molecule has 2 fully saturated rings. The van der Waals surface area contributed by atoms with Crippen molar-refractivity contribution in [2.24, 2.45) is 17.8 Å². The number of para-hydroxylation sites is 1. The number of aliphatic carboxylic acids is 1. The number of anilines is 1. The number of carboxylic acids is 1. The topological polar surface area (TPSA) is 86.7 Å². The maximum absolute atomic E-state index is 13.8. The first-order chi connectivity index (χ1) is 16.8. The molecule has 2 saturated heterocycles. The molecular formula is C29H28N2O4. The first-order valence-electron chi connectivity index (χ1n) is 11.9. The summed E-state index contributed by atoms with van der Waals surface area (Å²) in [6, 6.07) is 24.3. The number of rotatable bonds is 5. The average molecular weight is 469 g/mol. The Morgan fingerprint density at radius 1 is 0.886 bits per heavy atom. The SMILES string of the molecule is Cc1ccccc1N1C(=O)C2C(c3ccc(-c4ccccc4)cc3)NC(C(=O)O)(C(C)C)C2C1=O. The van der Waals surface area contributed by atoms with Gasteiger partial charge in [0.1, 0.15) is 5.54 Å². The molecule has 0 saturated carbocycles. The zero-order chi connectivity index (χ0) is 24.9. The molecule has 0 aliphatic carbocycles. The first kappa shape index (κ1) is 23.0. The third-order valence-corrected chi connectivity index (χ3v) is 7.59. The number of carbonyl (C=O) groups excluding carboxylic acids is 2. The Morgan fingerprint density at radius 3 is 2.09 bits per heavy atom. The van der Waals surface area contributed by atoms with Gasteiger partial charge in [-0.05, 0) is 41.2 Å². The molecule has 4 unspecified atom stereocenters. The molecule has 2 aliphatic rings. The van der Waals surface area contributed by atoms with Gasteiger partial charge in [-0.15, -0.1) is 0 Å². The Morgan fingerprint density at radius 2 is 1.49 bits per heavy atom. The van der Waals surface area contributed by atoms with E-state index in [0.717, 1.165) is 22.3 Å². The van der Waals surface area contributed by atoms with Crippen molar-refractivity contribution in [3.8, 4) is 11.1 Å². The molecule has 0 bridgehead atoms. The van der Waals surface area contributed by atoms with Gasteiger partial charge >= 0.3 is 5.97 Å². The van der Waals surface area contributed by atoms with Crippen molar-refractivity contribution in [1.29, 1.82) is 0 Å². The Bertz CT molecular complexity index is 1300. The Balaban J connectivity index is 1.61. The summed E-state index contributed by atoms with van der Waals surface area (Å²) in [5.74, 6) is -4.17. The molecule has 2 N–H and O–H groups in total. The number of imide groups is 1. The average Bonchev–Trinajstić information content (AvgIpc) is 3.35.